The molecule has 0 spiro atoms. The molecule has 2 bridgehead atoms. The Balaban J connectivity index is 1.59. The van der Waals surface area contributed by atoms with Gasteiger partial charge in [0.05, 0.1) is 29.8 Å². The zero-order valence-electron chi connectivity index (χ0n) is 19.2. The molecule has 2 N–H and O–H groups in total. The van der Waals surface area contributed by atoms with Crippen molar-refractivity contribution < 1.29 is 17.5 Å². The predicted octanol–water partition coefficient (Wildman–Crippen LogP) is 3.08. The van der Waals surface area contributed by atoms with Gasteiger partial charge in [-0.1, -0.05) is 19.1 Å². The van der Waals surface area contributed by atoms with E-state index in [1.165, 1.54) is 19.4 Å². The van der Waals surface area contributed by atoms with E-state index < -0.39 is 31.2 Å². The van der Waals surface area contributed by atoms with Gasteiger partial charge in [0.1, 0.15) is 27.5 Å². The fraction of sp³-hybridized carbons (Fsp3) is 0.417. The fourth-order valence-electron chi connectivity index (χ4n) is 5.48. The Bertz CT molecular complexity index is 1440. The van der Waals surface area contributed by atoms with E-state index in [2.05, 4.69) is 19.9 Å². The van der Waals surface area contributed by atoms with Crippen molar-refractivity contribution in [3.8, 4) is 5.88 Å². The minimum Gasteiger partial charge on any atom is -0.480 e. The molecular formula is C24H26FN5O3S. The Morgan fingerprint density at radius 2 is 2.06 bits per heavy atom. The van der Waals surface area contributed by atoms with Crippen LogP contribution in [0.3, 0.4) is 0 Å². The predicted molar refractivity (Wildman–Crippen MR) is 127 cm³/mol. The standard InChI is InChI=1S/C24H26FN5O3S/c1-4-24-9-7-19(34(24,31)32)23(2,30-22(24)26)15-11-14(5-6-16(15)25)12-18-21-17(8-10-27-18)29-20(33-3)13-28-21/h5-6,8,10-11,13,19H,4,7,9,12H2,1-3H3,(H2,26,30)/t19-,23+,24-/m0/s1. The lowest BCUT2D eigenvalue weighted by Gasteiger charge is -2.40. The van der Waals surface area contributed by atoms with Gasteiger partial charge in [0.25, 0.3) is 0 Å². The van der Waals surface area contributed by atoms with Crippen LogP contribution in [0, 0.1) is 5.82 Å². The molecule has 8 nitrogen and oxygen atoms in total. The highest BCUT2D eigenvalue weighted by Crippen LogP contribution is 2.52. The summed E-state index contributed by atoms with van der Waals surface area (Å²) >= 11 is 0. The molecule has 2 aliphatic heterocycles. The highest BCUT2D eigenvalue weighted by Gasteiger charge is 2.64. The molecule has 1 fully saturated rings. The molecule has 2 aliphatic rings. The third-order valence-corrected chi connectivity index (χ3v) is 10.7. The van der Waals surface area contributed by atoms with Gasteiger partial charge in [-0.05, 0) is 43.9 Å². The Morgan fingerprint density at radius 3 is 2.79 bits per heavy atom. The highest BCUT2D eigenvalue weighted by atomic mass is 32.2. The zero-order valence-corrected chi connectivity index (χ0v) is 20.1. The summed E-state index contributed by atoms with van der Waals surface area (Å²) in [5, 5.41) is -0.828. The van der Waals surface area contributed by atoms with Crippen LogP contribution in [-0.2, 0) is 21.8 Å². The number of rotatable bonds is 5. The van der Waals surface area contributed by atoms with Gasteiger partial charge in [-0.25, -0.2) is 22.8 Å². The van der Waals surface area contributed by atoms with Gasteiger partial charge >= 0.3 is 0 Å². The number of hydrogen-bond acceptors (Lipinski definition) is 8. The molecule has 3 aromatic rings. The molecule has 5 rings (SSSR count). The number of ether oxygens (including phenoxy) is 1. The summed E-state index contributed by atoms with van der Waals surface area (Å²) in [5.41, 5.74) is 7.85. The third-order valence-electron chi connectivity index (χ3n) is 7.42. The molecule has 178 valence electrons. The SMILES string of the molecule is CC[C@]12CC[C@@H]([C@@](C)(c3cc(Cc4nccc5nc(OC)cnc45)ccc3F)N=C1N)S2(=O)=O. The van der Waals surface area contributed by atoms with Crippen LogP contribution in [0.25, 0.3) is 11.0 Å². The highest BCUT2D eigenvalue weighted by molar-refractivity contribution is 7.94. The molecule has 0 amide bonds. The summed E-state index contributed by atoms with van der Waals surface area (Å²) in [6, 6.07) is 6.44. The molecule has 2 aromatic heterocycles. The summed E-state index contributed by atoms with van der Waals surface area (Å²) < 4.78 is 46.2. The number of benzene rings is 1. The molecule has 1 aromatic carbocycles. The molecule has 34 heavy (non-hydrogen) atoms. The van der Waals surface area contributed by atoms with Crippen molar-refractivity contribution >= 4 is 26.7 Å². The third kappa shape index (κ3) is 3.04. The average molecular weight is 484 g/mol. The van der Waals surface area contributed by atoms with Gasteiger partial charge in [-0.3, -0.25) is 9.98 Å². The van der Waals surface area contributed by atoms with Crippen LogP contribution in [0.2, 0.25) is 0 Å². The quantitative estimate of drug-likeness (QED) is 0.592. The average Bonchev–Trinajstić information content (AvgIpc) is 3.03. The topological polar surface area (TPSA) is 120 Å². The van der Waals surface area contributed by atoms with Gasteiger partial charge in [-0.15, -0.1) is 0 Å². The van der Waals surface area contributed by atoms with Crippen molar-refractivity contribution in [2.45, 2.75) is 55.1 Å². The lowest BCUT2D eigenvalue weighted by atomic mass is 9.85. The first-order valence-electron chi connectivity index (χ1n) is 11.2. The molecule has 1 saturated heterocycles. The number of aliphatic imine (C=N–C) groups is 1. The number of nitrogens with zero attached hydrogens (tertiary/aromatic N) is 4. The number of hydrogen-bond donors (Lipinski definition) is 1. The number of aromatic nitrogens is 3. The van der Waals surface area contributed by atoms with Crippen LogP contribution in [0.1, 0.15) is 49.9 Å². The van der Waals surface area contributed by atoms with Crippen LogP contribution in [0.5, 0.6) is 5.88 Å². The number of sulfone groups is 1. The molecule has 3 atom stereocenters. The number of nitrogens with two attached hydrogens (primary N) is 1. The molecule has 0 radical (unpaired) electrons. The van der Waals surface area contributed by atoms with E-state index in [-0.39, 0.29) is 11.4 Å². The Kier molecular flexibility index (Phi) is 5.12. The van der Waals surface area contributed by atoms with E-state index in [0.29, 0.717) is 48.3 Å². The number of methoxy groups -OCH3 is 1. The van der Waals surface area contributed by atoms with Gasteiger partial charge in [-0.2, -0.15) is 0 Å². The largest absolute Gasteiger partial charge is 0.480 e. The molecule has 0 aliphatic carbocycles. The second-order valence-electron chi connectivity index (χ2n) is 9.09. The van der Waals surface area contributed by atoms with Crippen LogP contribution in [-0.4, -0.2) is 46.3 Å². The van der Waals surface area contributed by atoms with Crippen LogP contribution in [0.15, 0.2) is 41.7 Å². The first-order chi connectivity index (χ1) is 16.2. The van der Waals surface area contributed by atoms with Gasteiger partial charge in [0.15, 0.2) is 9.84 Å². The molecule has 4 heterocycles. The number of amidine groups is 1. The molecular weight excluding hydrogens is 457 g/mol. The normalized spacial score (nSPS) is 27.5. The zero-order chi connectivity index (χ0) is 24.3. The van der Waals surface area contributed by atoms with E-state index in [1.54, 1.807) is 31.3 Å². The number of fused-ring (bicyclic) bond motifs is 3. The van der Waals surface area contributed by atoms with Gasteiger partial charge < -0.3 is 10.5 Å². The first-order valence-corrected chi connectivity index (χ1v) is 12.7. The van der Waals surface area contributed by atoms with Crippen molar-refractivity contribution in [1.82, 2.24) is 15.0 Å². The number of pyridine rings is 1. The van der Waals surface area contributed by atoms with E-state index in [4.69, 9.17) is 10.5 Å². The molecule has 0 saturated carbocycles. The second-order valence-corrected chi connectivity index (χ2v) is 11.5. The molecule has 0 unspecified atom stereocenters. The lowest BCUT2D eigenvalue weighted by Crippen LogP contribution is -2.57. The van der Waals surface area contributed by atoms with Crippen LogP contribution in [0.4, 0.5) is 4.39 Å². The maximum Gasteiger partial charge on any atom is 0.232 e. The Morgan fingerprint density at radius 1 is 1.26 bits per heavy atom. The summed E-state index contributed by atoms with van der Waals surface area (Å²) in [4.78, 5) is 17.9. The molecule has 10 heteroatoms. The smallest absolute Gasteiger partial charge is 0.232 e. The van der Waals surface area contributed by atoms with E-state index in [9.17, 15) is 8.42 Å². The maximum absolute atomic E-state index is 15.2. The number of halogens is 1. The van der Waals surface area contributed by atoms with E-state index in [0.717, 1.165) is 5.56 Å². The van der Waals surface area contributed by atoms with Crippen LogP contribution < -0.4 is 10.5 Å². The monoisotopic (exact) mass is 483 g/mol. The Hall–Kier alpha value is -3.14. The summed E-state index contributed by atoms with van der Waals surface area (Å²) in [5.74, 6) is -0.0318. The minimum absolute atomic E-state index is 0.0796. The summed E-state index contributed by atoms with van der Waals surface area (Å²) in [6.45, 7) is 3.48. The minimum atomic E-state index is -3.63. The summed E-state index contributed by atoms with van der Waals surface area (Å²) in [6.07, 6.45) is 4.68. The first kappa shape index (κ1) is 22.6. The van der Waals surface area contributed by atoms with Crippen molar-refractivity contribution in [1.29, 1.82) is 0 Å². The maximum atomic E-state index is 15.2. The summed E-state index contributed by atoms with van der Waals surface area (Å²) in [7, 11) is -2.11. The van der Waals surface area contributed by atoms with E-state index >= 15 is 4.39 Å². The lowest BCUT2D eigenvalue weighted by molar-refractivity contribution is 0.397. The van der Waals surface area contributed by atoms with Gasteiger partial charge in [0, 0.05) is 18.2 Å². The van der Waals surface area contributed by atoms with Gasteiger partial charge in [0.2, 0.25) is 5.88 Å². The van der Waals surface area contributed by atoms with Crippen molar-refractivity contribution in [2.75, 3.05) is 7.11 Å². The second kappa shape index (κ2) is 7.69. The van der Waals surface area contributed by atoms with Crippen LogP contribution >= 0.6 is 0 Å². The fourth-order valence-corrected chi connectivity index (χ4v) is 8.38. The Labute approximate surface area is 197 Å². The van der Waals surface area contributed by atoms with E-state index in [1.807, 2.05) is 6.92 Å². The van der Waals surface area contributed by atoms with Crippen molar-refractivity contribution in [2.24, 2.45) is 10.7 Å². The van der Waals surface area contributed by atoms with Crippen molar-refractivity contribution in [3.63, 3.8) is 0 Å². The van der Waals surface area contributed by atoms with Crippen molar-refractivity contribution in [3.05, 3.63) is 59.3 Å².